The molecule has 0 radical (unpaired) electrons. The Morgan fingerprint density at radius 2 is 2.17 bits per heavy atom. The second kappa shape index (κ2) is 5.50. The van der Waals surface area contributed by atoms with Crippen molar-refractivity contribution in [3.8, 4) is 0 Å². The van der Waals surface area contributed by atoms with Crippen LogP contribution in [0.3, 0.4) is 0 Å². The minimum atomic E-state index is -0.312. The van der Waals surface area contributed by atoms with Gasteiger partial charge in [0.1, 0.15) is 6.04 Å². The fourth-order valence-electron chi connectivity index (χ4n) is 2.47. The Balaban J connectivity index is 2.06. The van der Waals surface area contributed by atoms with Crippen LogP contribution in [0.4, 0.5) is 0 Å². The van der Waals surface area contributed by atoms with Gasteiger partial charge in [0, 0.05) is 12.1 Å². The third kappa shape index (κ3) is 2.54. The van der Waals surface area contributed by atoms with Gasteiger partial charge in [0.05, 0.1) is 6.61 Å². The van der Waals surface area contributed by atoms with Crippen LogP contribution in [0.1, 0.15) is 43.5 Å². The number of nitrogens with two attached hydrogens (primary N) is 1. The van der Waals surface area contributed by atoms with Crippen LogP contribution in [0.25, 0.3) is 0 Å². The number of benzene rings is 1. The first kappa shape index (κ1) is 13.1. The van der Waals surface area contributed by atoms with E-state index in [9.17, 15) is 4.79 Å². The van der Waals surface area contributed by atoms with Gasteiger partial charge < -0.3 is 10.5 Å². The molecule has 3 N–H and O–H groups in total. The third-order valence-corrected chi connectivity index (χ3v) is 3.35. The van der Waals surface area contributed by atoms with E-state index in [0.29, 0.717) is 6.61 Å². The van der Waals surface area contributed by atoms with Crippen LogP contribution in [0.15, 0.2) is 24.3 Å². The molecule has 2 rings (SSSR count). The number of carbonyl (C=O) groups is 1. The molecule has 0 spiro atoms. The van der Waals surface area contributed by atoms with Crippen LogP contribution in [-0.2, 0) is 9.53 Å². The number of ether oxygens (including phenoxy) is 1. The van der Waals surface area contributed by atoms with Crippen molar-refractivity contribution in [1.29, 1.82) is 0 Å². The summed E-state index contributed by atoms with van der Waals surface area (Å²) in [7, 11) is 0. The van der Waals surface area contributed by atoms with E-state index in [0.717, 1.165) is 6.42 Å². The summed E-state index contributed by atoms with van der Waals surface area (Å²) < 4.78 is 5.00. The van der Waals surface area contributed by atoms with Crippen molar-refractivity contribution in [3.05, 3.63) is 35.4 Å². The van der Waals surface area contributed by atoms with E-state index in [4.69, 9.17) is 10.5 Å². The number of nitrogens with one attached hydrogen (secondary N) is 1. The highest BCUT2D eigenvalue weighted by molar-refractivity contribution is 5.75. The van der Waals surface area contributed by atoms with Crippen LogP contribution in [0, 0.1) is 0 Å². The van der Waals surface area contributed by atoms with Crippen molar-refractivity contribution in [2.45, 2.75) is 38.4 Å². The minimum absolute atomic E-state index is 0.0492. The maximum atomic E-state index is 11.6. The number of rotatable bonds is 4. The molecule has 1 aliphatic rings. The molecule has 0 fully saturated rings. The first-order valence-electron chi connectivity index (χ1n) is 6.40. The van der Waals surface area contributed by atoms with E-state index >= 15 is 0 Å². The zero-order valence-electron chi connectivity index (χ0n) is 10.8. The molecule has 18 heavy (non-hydrogen) atoms. The highest BCUT2D eigenvalue weighted by Crippen LogP contribution is 2.37. The standard InChI is InChI=1S/C14H20N2O2/c1-3-18-14(17)9(2)16-13-8-12(15)10-6-4-5-7-11(10)13/h4-7,9,12-13,16H,3,8,15H2,1-2H3. The van der Waals surface area contributed by atoms with Crippen molar-refractivity contribution in [3.63, 3.8) is 0 Å². The van der Waals surface area contributed by atoms with E-state index in [1.807, 2.05) is 26.0 Å². The molecule has 1 aromatic carbocycles. The number of fused-ring (bicyclic) bond motifs is 1. The van der Waals surface area contributed by atoms with Gasteiger partial charge in [0.15, 0.2) is 0 Å². The quantitative estimate of drug-likeness (QED) is 0.796. The Hall–Kier alpha value is -1.39. The fraction of sp³-hybridized carbons (Fsp3) is 0.500. The summed E-state index contributed by atoms with van der Waals surface area (Å²) in [6, 6.07) is 7.99. The minimum Gasteiger partial charge on any atom is -0.465 e. The van der Waals surface area contributed by atoms with Gasteiger partial charge in [0.2, 0.25) is 0 Å². The number of hydrogen-bond donors (Lipinski definition) is 2. The summed E-state index contributed by atoms with van der Waals surface area (Å²) in [5.41, 5.74) is 8.46. The summed E-state index contributed by atoms with van der Waals surface area (Å²) >= 11 is 0. The van der Waals surface area contributed by atoms with Crippen molar-refractivity contribution >= 4 is 5.97 Å². The Kier molecular flexibility index (Phi) is 3.99. The van der Waals surface area contributed by atoms with Crippen molar-refractivity contribution < 1.29 is 9.53 Å². The summed E-state index contributed by atoms with van der Waals surface area (Å²) in [6.07, 6.45) is 0.823. The van der Waals surface area contributed by atoms with E-state index in [2.05, 4.69) is 17.4 Å². The molecule has 0 amide bonds. The van der Waals surface area contributed by atoms with Gasteiger partial charge in [-0.1, -0.05) is 24.3 Å². The zero-order chi connectivity index (χ0) is 13.1. The Labute approximate surface area is 108 Å². The topological polar surface area (TPSA) is 64.3 Å². The molecular weight excluding hydrogens is 228 g/mol. The lowest BCUT2D eigenvalue weighted by Crippen LogP contribution is -2.37. The largest absolute Gasteiger partial charge is 0.465 e. The molecule has 3 atom stereocenters. The average Bonchev–Trinajstić information content (AvgIpc) is 2.67. The number of hydrogen-bond acceptors (Lipinski definition) is 4. The molecule has 4 heteroatoms. The monoisotopic (exact) mass is 248 g/mol. The average molecular weight is 248 g/mol. The second-order valence-corrected chi connectivity index (χ2v) is 4.66. The summed E-state index contributed by atoms with van der Waals surface area (Å²) in [5.74, 6) is -0.213. The molecule has 0 aromatic heterocycles. The lowest BCUT2D eigenvalue weighted by molar-refractivity contribution is -0.145. The Bertz CT molecular complexity index is 434. The SMILES string of the molecule is CCOC(=O)C(C)NC1CC(N)c2ccccc21. The molecular formula is C14H20N2O2. The van der Waals surface area contributed by atoms with Crippen molar-refractivity contribution in [1.82, 2.24) is 5.32 Å². The van der Waals surface area contributed by atoms with E-state index < -0.39 is 0 Å². The van der Waals surface area contributed by atoms with Gasteiger partial charge >= 0.3 is 5.97 Å². The molecule has 0 aliphatic heterocycles. The van der Waals surface area contributed by atoms with Gasteiger partial charge in [0.25, 0.3) is 0 Å². The van der Waals surface area contributed by atoms with Crippen LogP contribution < -0.4 is 11.1 Å². The smallest absolute Gasteiger partial charge is 0.322 e. The highest BCUT2D eigenvalue weighted by Gasteiger charge is 2.30. The van der Waals surface area contributed by atoms with Gasteiger partial charge in [-0.2, -0.15) is 0 Å². The molecule has 98 valence electrons. The third-order valence-electron chi connectivity index (χ3n) is 3.35. The molecule has 0 heterocycles. The van der Waals surface area contributed by atoms with E-state index in [1.54, 1.807) is 0 Å². The first-order chi connectivity index (χ1) is 8.63. The van der Waals surface area contributed by atoms with Gasteiger partial charge in [-0.05, 0) is 31.4 Å². The predicted molar refractivity (Wildman–Crippen MR) is 70.0 cm³/mol. The summed E-state index contributed by atoms with van der Waals surface area (Å²) in [6.45, 7) is 4.04. The molecule has 4 nitrogen and oxygen atoms in total. The Morgan fingerprint density at radius 3 is 2.83 bits per heavy atom. The number of carbonyl (C=O) groups excluding carboxylic acids is 1. The summed E-state index contributed by atoms with van der Waals surface area (Å²) in [5, 5.41) is 3.30. The van der Waals surface area contributed by atoms with Gasteiger partial charge in [-0.25, -0.2) is 0 Å². The molecule has 0 saturated heterocycles. The van der Waals surface area contributed by atoms with Crippen LogP contribution in [0.2, 0.25) is 0 Å². The predicted octanol–water partition coefficient (Wildman–Crippen LogP) is 1.67. The van der Waals surface area contributed by atoms with Crippen molar-refractivity contribution in [2.75, 3.05) is 6.61 Å². The Morgan fingerprint density at radius 1 is 1.50 bits per heavy atom. The van der Waals surface area contributed by atoms with E-state index in [-0.39, 0.29) is 24.1 Å². The number of esters is 1. The maximum absolute atomic E-state index is 11.6. The molecule has 3 unspecified atom stereocenters. The van der Waals surface area contributed by atoms with Crippen LogP contribution >= 0.6 is 0 Å². The molecule has 0 bridgehead atoms. The first-order valence-corrected chi connectivity index (χ1v) is 6.40. The molecule has 0 saturated carbocycles. The van der Waals surface area contributed by atoms with Crippen molar-refractivity contribution in [2.24, 2.45) is 5.73 Å². The lowest BCUT2D eigenvalue weighted by atomic mass is 10.1. The molecule has 1 aromatic rings. The van der Waals surface area contributed by atoms with Gasteiger partial charge in [-0.15, -0.1) is 0 Å². The van der Waals surface area contributed by atoms with Gasteiger partial charge in [-0.3, -0.25) is 10.1 Å². The zero-order valence-corrected chi connectivity index (χ0v) is 10.8. The fourth-order valence-corrected chi connectivity index (χ4v) is 2.47. The maximum Gasteiger partial charge on any atom is 0.322 e. The molecule has 1 aliphatic carbocycles. The summed E-state index contributed by atoms with van der Waals surface area (Å²) in [4.78, 5) is 11.6. The lowest BCUT2D eigenvalue weighted by Gasteiger charge is -2.19. The van der Waals surface area contributed by atoms with E-state index in [1.165, 1.54) is 11.1 Å². The second-order valence-electron chi connectivity index (χ2n) is 4.66. The normalized spacial score (nSPS) is 23.5. The van der Waals surface area contributed by atoms with Crippen LogP contribution in [-0.4, -0.2) is 18.6 Å². The van der Waals surface area contributed by atoms with Crippen LogP contribution in [0.5, 0.6) is 0 Å². The highest BCUT2D eigenvalue weighted by atomic mass is 16.5.